The lowest BCUT2D eigenvalue weighted by atomic mass is 10.2. The van der Waals surface area contributed by atoms with Crippen molar-refractivity contribution in [2.45, 2.75) is 11.6 Å². The van der Waals surface area contributed by atoms with Crippen molar-refractivity contribution in [1.82, 2.24) is 24.2 Å². The summed E-state index contributed by atoms with van der Waals surface area (Å²) in [7, 11) is -3.65. The van der Waals surface area contributed by atoms with Crippen LogP contribution in [0.25, 0.3) is 10.9 Å². The molecule has 0 saturated carbocycles. The number of sulfonamides is 1. The highest BCUT2D eigenvalue weighted by molar-refractivity contribution is 9.10. The van der Waals surface area contributed by atoms with Crippen molar-refractivity contribution in [3.05, 3.63) is 76.1 Å². The van der Waals surface area contributed by atoms with Crippen molar-refractivity contribution in [1.29, 1.82) is 0 Å². The summed E-state index contributed by atoms with van der Waals surface area (Å²) in [5, 5.41) is 4.75. The Balaban J connectivity index is 1.30. The molecule has 3 aromatic heterocycles. The summed E-state index contributed by atoms with van der Waals surface area (Å²) in [6.45, 7) is 2.16. The number of anilines is 2. The van der Waals surface area contributed by atoms with Gasteiger partial charge in [-0.15, -0.1) is 0 Å². The number of hydrogen-bond donors (Lipinski definition) is 1. The summed E-state index contributed by atoms with van der Waals surface area (Å²) in [6.07, 6.45) is 4.94. The largest absolute Gasteiger partial charge is 0.353 e. The lowest BCUT2D eigenvalue weighted by Gasteiger charge is -2.34. The number of piperazine rings is 1. The van der Waals surface area contributed by atoms with Crippen LogP contribution in [0.15, 0.2) is 70.6 Å². The van der Waals surface area contributed by atoms with Crippen molar-refractivity contribution in [3.8, 4) is 0 Å². The van der Waals surface area contributed by atoms with E-state index in [1.54, 1.807) is 18.5 Å². The molecule has 9 nitrogen and oxygen atoms in total. The van der Waals surface area contributed by atoms with Crippen LogP contribution >= 0.6 is 27.5 Å². The lowest BCUT2D eigenvalue weighted by Crippen LogP contribution is -2.49. The van der Waals surface area contributed by atoms with E-state index in [1.807, 2.05) is 30.3 Å². The minimum atomic E-state index is -3.65. The summed E-state index contributed by atoms with van der Waals surface area (Å²) in [6, 6.07) is 12.6. The summed E-state index contributed by atoms with van der Waals surface area (Å²) in [5.74, 6) is 1.23. The van der Waals surface area contributed by atoms with Gasteiger partial charge in [-0.1, -0.05) is 29.8 Å². The van der Waals surface area contributed by atoms with Crippen molar-refractivity contribution >= 4 is 60.2 Å². The molecule has 12 heteroatoms. The maximum Gasteiger partial charge on any atom is 0.260 e. The molecule has 0 spiro atoms. The minimum absolute atomic E-state index is 0.0441. The van der Waals surface area contributed by atoms with Crippen LogP contribution in [0.2, 0.25) is 5.02 Å². The van der Waals surface area contributed by atoms with Gasteiger partial charge >= 0.3 is 0 Å². The number of pyridine rings is 2. The van der Waals surface area contributed by atoms with Gasteiger partial charge in [0.1, 0.15) is 5.82 Å². The Morgan fingerprint density at radius 3 is 2.51 bits per heavy atom. The topological polar surface area (TPSA) is 104 Å². The number of nitrogens with zero attached hydrogens (tertiary/aromatic N) is 6. The van der Waals surface area contributed by atoms with Crippen molar-refractivity contribution < 1.29 is 8.42 Å². The second-order valence-corrected chi connectivity index (χ2v) is 11.1. The first-order valence-electron chi connectivity index (χ1n) is 10.9. The van der Waals surface area contributed by atoms with Crippen LogP contribution < -0.4 is 10.2 Å². The Morgan fingerprint density at radius 2 is 1.77 bits per heavy atom. The van der Waals surface area contributed by atoms with Gasteiger partial charge < -0.3 is 10.2 Å². The summed E-state index contributed by atoms with van der Waals surface area (Å²) >= 11 is 9.51. The predicted molar refractivity (Wildman–Crippen MR) is 139 cm³/mol. The van der Waals surface area contributed by atoms with Gasteiger partial charge in [-0.25, -0.2) is 28.4 Å². The number of fused-ring (bicyclic) bond motifs is 1. The van der Waals surface area contributed by atoms with Crippen LogP contribution in [0.3, 0.4) is 0 Å². The van der Waals surface area contributed by atoms with E-state index < -0.39 is 10.0 Å². The van der Waals surface area contributed by atoms with Gasteiger partial charge in [0.05, 0.1) is 10.9 Å². The van der Waals surface area contributed by atoms with Crippen LogP contribution in [0.1, 0.15) is 5.56 Å². The zero-order valence-corrected chi connectivity index (χ0v) is 21.6. The Hall–Kier alpha value is -2.86. The first-order valence-corrected chi connectivity index (χ1v) is 13.5. The molecule has 0 bridgehead atoms. The van der Waals surface area contributed by atoms with E-state index in [0.29, 0.717) is 43.7 Å². The lowest BCUT2D eigenvalue weighted by molar-refractivity contribution is 0.382. The molecule has 4 aromatic rings. The van der Waals surface area contributed by atoms with Crippen LogP contribution in [0.4, 0.5) is 11.8 Å². The van der Waals surface area contributed by atoms with Crippen LogP contribution in [0.5, 0.6) is 0 Å². The fourth-order valence-corrected chi connectivity index (χ4v) is 5.65. The molecule has 1 aliphatic heterocycles. The Morgan fingerprint density at radius 1 is 0.971 bits per heavy atom. The molecule has 180 valence electrons. The van der Waals surface area contributed by atoms with Crippen molar-refractivity contribution in [2.24, 2.45) is 0 Å². The molecule has 4 heterocycles. The monoisotopic (exact) mass is 573 g/mol. The smallest absolute Gasteiger partial charge is 0.260 e. The van der Waals surface area contributed by atoms with E-state index in [1.165, 1.54) is 16.6 Å². The molecule has 0 unspecified atom stereocenters. The molecule has 0 atom stereocenters. The standard InChI is InChI=1S/C23H21BrClN7O2S/c24-17-5-6-21(27-14-17)35(33,34)32-11-9-31(10-12-32)22-18-15-29-23(30-20(18)7-8-26-22)28-13-16-3-1-2-4-19(16)25/h1-8,14-15H,9-13H2,(H,28,29,30). The number of rotatable bonds is 6. The van der Waals surface area contributed by atoms with Crippen molar-refractivity contribution in [3.63, 3.8) is 0 Å². The molecule has 5 rings (SSSR count). The normalized spacial score (nSPS) is 14.9. The average molecular weight is 575 g/mol. The maximum absolute atomic E-state index is 13.0. The third-order valence-electron chi connectivity index (χ3n) is 5.73. The molecule has 1 saturated heterocycles. The number of benzene rings is 1. The van der Waals surface area contributed by atoms with E-state index >= 15 is 0 Å². The third-order valence-corrected chi connectivity index (χ3v) is 8.38. The molecule has 1 fully saturated rings. The molecule has 35 heavy (non-hydrogen) atoms. The van der Waals surface area contributed by atoms with Gasteiger partial charge in [-0.05, 0) is 45.8 Å². The van der Waals surface area contributed by atoms with Gasteiger partial charge in [0.25, 0.3) is 10.0 Å². The van der Waals surface area contributed by atoms with Crippen molar-refractivity contribution in [2.75, 3.05) is 36.4 Å². The number of halogens is 2. The van der Waals surface area contributed by atoms with Crippen LogP contribution in [-0.4, -0.2) is 58.8 Å². The Kier molecular flexibility index (Phi) is 6.83. The molecule has 0 aliphatic carbocycles. The summed E-state index contributed by atoms with van der Waals surface area (Å²) in [4.78, 5) is 19.7. The van der Waals surface area contributed by atoms with E-state index in [0.717, 1.165) is 26.8 Å². The molecule has 0 radical (unpaired) electrons. The Bertz CT molecular complexity index is 1460. The molecular weight excluding hydrogens is 554 g/mol. The first-order chi connectivity index (χ1) is 16.9. The van der Waals surface area contributed by atoms with Gasteiger partial charge in [0, 0.05) is 60.8 Å². The highest BCUT2D eigenvalue weighted by atomic mass is 79.9. The molecule has 0 amide bonds. The summed E-state index contributed by atoms with van der Waals surface area (Å²) in [5.41, 5.74) is 1.71. The first kappa shape index (κ1) is 23.9. The quantitative estimate of drug-likeness (QED) is 0.369. The maximum atomic E-state index is 13.0. The fraction of sp³-hybridized carbons (Fsp3) is 0.217. The Labute approximate surface area is 216 Å². The zero-order chi connectivity index (χ0) is 24.4. The fourth-order valence-electron chi connectivity index (χ4n) is 3.88. The second-order valence-electron chi connectivity index (χ2n) is 7.91. The molecule has 1 N–H and O–H groups in total. The highest BCUT2D eigenvalue weighted by Crippen LogP contribution is 2.26. The minimum Gasteiger partial charge on any atom is -0.353 e. The van der Waals surface area contributed by atoms with Gasteiger partial charge in [-0.3, -0.25) is 0 Å². The summed E-state index contributed by atoms with van der Waals surface area (Å²) < 4.78 is 28.1. The third kappa shape index (κ3) is 5.08. The number of hydrogen-bond acceptors (Lipinski definition) is 8. The molecule has 1 aliphatic rings. The second kappa shape index (κ2) is 10.0. The predicted octanol–water partition coefficient (Wildman–Crippen LogP) is 3.96. The van der Waals surface area contributed by atoms with Gasteiger partial charge in [0.15, 0.2) is 5.03 Å². The van der Waals surface area contributed by atoms with Crippen LogP contribution in [-0.2, 0) is 16.6 Å². The van der Waals surface area contributed by atoms with Gasteiger partial charge in [-0.2, -0.15) is 4.31 Å². The van der Waals surface area contributed by atoms with E-state index in [-0.39, 0.29) is 5.03 Å². The van der Waals surface area contributed by atoms with Gasteiger partial charge in [0.2, 0.25) is 5.95 Å². The highest BCUT2D eigenvalue weighted by Gasteiger charge is 2.30. The zero-order valence-electron chi connectivity index (χ0n) is 18.5. The van der Waals surface area contributed by atoms with Crippen LogP contribution in [0, 0.1) is 0 Å². The number of nitrogens with one attached hydrogen (secondary N) is 1. The van der Waals surface area contributed by atoms with E-state index in [9.17, 15) is 8.42 Å². The molecule has 1 aromatic carbocycles. The average Bonchev–Trinajstić information content (AvgIpc) is 2.88. The van der Waals surface area contributed by atoms with E-state index in [4.69, 9.17) is 11.6 Å². The SMILES string of the molecule is O=S(=O)(c1ccc(Br)cn1)N1CCN(c2nccc3nc(NCc4ccccc4Cl)ncc23)CC1. The van der Waals surface area contributed by atoms with E-state index in [2.05, 4.69) is 46.1 Å². The molecular formula is C23H21BrClN7O2S. The number of aromatic nitrogens is 4.